The number of hydrogen-bond acceptors (Lipinski definition) is 5. The third kappa shape index (κ3) is 4.51. The standard InChI is InChI=1S/C30H31N5O3/c1-19-16-32-28-26(38-2)15-22(17-35(19)28)30(37)34-14-12-25(24(18-34)20-7-4-3-5-8-20)33-29(36)27-23(21-10-11-21)9-6-13-31-27/h3-9,13,15-17,21,24-25H,10-12,14,18H2,1-2H3,(H,33,36)/t24-,25-/m1/s1. The molecule has 1 N–H and O–H groups in total. The number of amides is 2. The molecular formula is C30H31N5O3. The molecule has 2 fully saturated rings. The van der Waals surface area contributed by atoms with Crippen LogP contribution in [0.3, 0.4) is 0 Å². The van der Waals surface area contributed by atoms with E-state index >= 15 is 0 Å². The first kappa shape index (κ1) is 24.2. The highest BCUT2D eigenvalue weighted by Crippen LogP contribution is 2.41. The van der Waals surface area contributed by atoms with E-state index in [2.05, 4.69) is 27.4 Å². The number of likely N-dealkylation sites (tertiary alicyclic amines) is 1. The molecular weight excluding hydrogens is 478 g/mol. The second-order valence-electron chi connectivity index (χ2n) is 10.2. The van der Waals surface area contributed by atoms with Crippen LogP contribution in [0.2, 0.25) is 0 Å². The summed E-state index contributed by atoms with van der Waals surface area (Å²) in [5.74, 6) is 0.745. The number of aryl methyl sites for hydroxylation is 1. The lowest BCUT2D eigenvalue weighted by atomic mass is 9.85. The summed E-state index contributed by atoms with van der Waals surface area (Å²) in [4.78, 5) is 37.9. The van der Waals surface area contributed by atoms with Gasteiger partial charge in [0.2, 0.25) is 0 Å². The minimum Gasteiger partial charge on any atom is -0.493 e. The molecule has 4 aromatic rings. The van der Waals surface area contributed by atoms with E-state index in [1.165, 1.54) is 0 Å². The van der Waals surface area contributed by atoms with E-state index in [4.69, 9.17) is 4.74 Å². The molecule has 1 saturated carbocycles. The number of pyridine rings is 2. The molecule has 0 radical (unpaired) electrons. The summed E-state index contributed by atoms with van der Waals surface area (Å²) < 4.78 is 7.42. The molecule has 6 rings (SSSR count). The van der Waals surface area contributed by atoms with Crippen molar-refractivity contribution in [3.05, 3.63) is 95.2 Å². The van der Waals surface area contributed by atoms with E-state index in [9.17, 15) is 9.59 Å². The third-order valence-electron chi connectivity index (χ3n) is 7.74. The van der Waals surface area contributed by atoms with Crippen LogP contribution < -0.4 is 10.1 Å². The van der Waals surface area contributed by atoms with E-state index in [1.54, 1.807) is 25.6 Å². The highest BCUT2D eigenvalue weighted by atomic mass is 16.5. The van der Waals surface area contributed by atoms with Gasteiger partial charge in [0.25, 0.3) is 11.8 Å². The minimum absolute atomic E-state index is 0.0495. The first-order valence-corrected chi connectivity index (χ1v) is 13.1. The molecule has 4 heterocycles. The molecule has 1 aliphatic carbocycles. The van der Waals surface area contributed by atoms with Gasteiger partial charge in [-0.05, 0) is 55.4 Å². The minimum atomic E-state index is -0.135. The number of benzene rings is 1. The number of fused-ring (bicyclic) bond motifs is 1. The maximum Gasteiger partial charge on any atom is 0.270 e. The topological polar surface area (TPSA) is 88.8 Å². The Morgan fingerprint density at radius 2 is 1.87 bits per heavy atom. The normalized spacial score (nSPS) is 19.4. The molecule has 1 aromatic carbocycles. The summed E-state index contributed by atoms with van der Waals surface area (Å²) >= 11 is 0. The number of aromatic nitrogens is 3. The summed E-state index contributed by atoms with van der Waals surface area (Å²) in [6.45, 7) is 2.98. The summed E-state index contributed by atoms with van der Waals surface area (Å²) in [6, 6.07) is 15.7. The van der Waals surface area contributed by atoms with Crippen LogP contribution in [0.4, 0.5) is 0 Å². The molecule has 2 amide bonds. The van der Waals surface area contributed by atoms with Gasteiger partial charge in [0.15, 0.2) is 11.4 Å². The van der Waals surface area contributed by atoms with Gasteiger partial charge in [0, 0.05) is 49.3 Å². The summed E-state index contributed by atoms with van der Waals surface area (Å²) in [6.07, 6.45) is 8.13. The Morgan fingerprint density at radius 3 is 2.63 bits per heavy atom. The van der Waals surface area contributed by atoms with Crippen LogP contribution in [0.5, 0.6) is 5.75 Å². The van der Waals surface area contributed by atoms with Crippen LogP contribution in [0.1, 0.15) is 68.8 Å². The zero-order valence-corrected chi connectivity index (χ0v) is 21.6. The molecule has 194 valence electrons. The monoisotopic (exact) mass is 509 g/mol. The molecule has 3 aromatic heterocycles. The fourth-order valence-corrected chi connectivity index (χ4v) is 5.54. The van der Waals surface area contributed by atoms with Crippen molar-refractivity contribution in [2.75, 3.05) is 20.2 Å². The van der Waals surface area contributed by atoms with Crippen molar-refractivity contribution >= 4 is 17.5 Å². The van der Waals surface area contributed by atoms with Gasteiger partial charge >= 0.3 is 0 Å². The fourth-order valence-electron chi connectivity index (χ4n) is 5.54. The number of ether oxygens (including phenoxy) is 1. The van der Waals surface area contributed by atoms with Crippen LogP contribution >= 0.6 is 0 Å². The van der Waals surface area contributed by atoms with Crippen molar-refractivity contribution < 1.29 is 14.3 Å². The molecule has 8 nitrogen and oxygen atoms in total. The van der Waals surface area contributed by atoms with Crippen molar-refractivity contribution in [1.82, 2.24) is 24.6 Å². The van der Waals surface area contributed by atoms with E-state index in [-0.39, 0.29) is 23.8 Å². The number of methoxy groups -OCH3 is 1. The number of hydrogen-bond donors (Lipinski definition) is 1. The Kier molecular flexibility index (Phi) is 6.31. The molecule has 0 unspecified atom stereocenters. The number of carbonyl (C=O) groups excluding carboxylic acids is 2. The lowest BCUT2D eigenvalue weighted by Gasteiger charge is -2.39. The zero-order chi connectivity index (χ0) is 26.2. The largest absolute Gasteiger partial charge is 0.493 e. The number of nitrogens with zero attached hydrogens (tertiary/aromatic N) is 4. The molecule has 1 saturated heterocycles. The van der Waals surface area contributed by atoms with Crippen LogP contribution in [-0.2, 0) is 0 Å². The van der Waals surface area contributed by atoms with Gasteiger partial charge < -0.3 is 19.4 Å². The summed E-state index contributed by atoms with van der Waals surface area (Å²) in [5.41, 5.74) is 4.82. The molecule has 1 aliphatic heterocycles. The van der Waals surface area contributed by atoms with Crippen LogP contribution in [0, 0.1) is 6.92 Å². The van der Waals surface area contributed by atoms with Crippen molar-refractivity contribution in [3.63, 3.8) is 0 Å². The van der Waals surface area contributed by atoms with Gasteiger partial charge in [-0.3, -0.25) is 14.6 Å². The third-order valence-corrected chi connectivity index (χ3v) is 7.74. The van der Waals surface area contributed by atoms with E-state index in [1.807, 2.05) is 52.8 Å². The maximum absolute atomic E-state index is 13.7. The van der Waals surface area contributed by atoms with E-state index in [0.29, 0.717) is 48.1 Å². The molecule has 2 atom stereocenters. The summed E-state index contributed by atoms with van der Waals surface area (Å²) in [5, 5.41) is 3.28. The maximum atomic E-state index is 13.7. The Labute approximate surface area is 221 Å². The number of nitrogens with one attached hydrogen (secondary N) is 1. The van der Waals surface area contributed by atoms with Gasteiger partial charge in [-0.15, -0.1) is 0 Å². The molecule has 8 heteroatoms. The number of rotatable bonds is 6. The van der Waals surface area contributed by atoms with Crippen LogP contribution in [0.25, 0.3) is 5.65 Å². The van der Waals surface area contributed by atoms with Gasteiger partial charge in [-0.2, -0.15) is 0 Å². The van der Waals surface area contributed by atoms with Crippen LogP contribution in [-0.4, -0.2) is 57.3 Å². The van der Waals surface area contributed by atoms with Gasteiger partial charge in [0.1, 0.15) is 5.69 Å². The SMILES string of the molecule is COc1cc(C(=O)N2CC[C@@H](NC(=O)c3ncccc3C3CC3)[C@@H](c3ccccc3)C2)cn2c(C)cnc12. The fraction of sp³-hybridized carbons (Fsp3) is 0.333. The highest BCUT2D eigenvalue weighted by Gasteiger charge is 2.36. The lowest BCUT2D eigenvalue weighted by molar-refractivity contribution is 0.0670. The number of imidazole rings is 1. The molecule has 38 heavy (non-hydrogen) atoms. The quantitative estimate of drug-likeness (QED) is 0.417. The highest BCUT2D eigenvalue weighted by molar-refractivity contribution is 5.96. The smallest absolute Gasteiger partial charge is 0.270 e. The second-order valence-corrected chi connectivity index (χ2v) is 10.2. The van der Waals surface area contributed by atoms with Crippen molar-refractivity contribution in [1.29, 1.82) is 0 Å². The number of piperidine rings is 1. The molecule has 2 aliphatic rings. The van der Waals surface area contributed by atoms with Crippen LogP contribution in [0.15, 0.2) is 67.1 Å². The zero-order valence-electron chi connectivity index (χ0n) is 21.6. The Morgan fingerprint density at radius 1 is 1.05 bits per heavy atom. The number of carbonyl (C=O) groups is 2. The van der Waals surface area contributed by atoms with E-state index in [0.717, 1.165) is 29.7 Å². The van der Waals surface area contributed by atoms with Gasteiger partial charge in [-0.25, -0.2) is 4.98 Å². The van der Waals surface area contributed by atoms with Crippen molar-refractivity contribution in [2.24, 2.45) is 0 Å². The predicted octanol–water partition coefficient (Wildman–Crippen LogP) is 4.35. The van der Waals surface area contributed by atoms with Gasteiger partial charge in [0.05, 0.1) is 12.7 Å². The average Bonchev–Trinajstić information content (AvgIpc) is 3.75. The Hall–Kier alpha value is -4.20. The first-order chi connectivity index (χ1) is 18.5. The molecule has 0 spiro atoms. The van der Waals surface area contributed by atoms with Crippen molar-refractivity contribution in [2.45, 2.75) is 44.1 Å². The summed E-state index contributed by atoms with van der Waals surface area (Å²) in [7, 11) is 1.59. The van der Waals surface area contributed by atoms with Gasteiger partial charge in [-0.1, -0.05) is 36.4 Å². The van der Waals surface area contributed by atoms with Crippen molar-refractivity contribution in [3.8, 4) is 5.75 Å². The Balaban J connectivity index is 1.27. The predicted molar refractivity (Wildman–Crippen MR) is 144 cm³/mol. The first-order valence-electron chi connectivity index (χ1n) is 13.1. The Bertz CT molecular complexity index is 1490. The second kappa shape index (κ2) is 9.93. The average molecular weight is 510 g/mol. The molecule has 0 bridgehead atoms. The van der Waals surface area contributed by atoms with E-state index < -0.39 is 0 Å². The lowest BCUT2D eigenvalue weighted by Crippen LogP contribution is -2.51.